The highest BCUT2D eigenvalue weighted by Gasteiger charge is 2.34. The lowest BCUT2D eigenvalue weighted by atomic mass is 10.1. The van der Waals surface area contributed by atoms with Gasteiger partial charge in [0.2, 0.25) is 11.8 Å². The first-order valence-electron chi connectivity index (χ1n) is 14.0. The van der Waals surface area contributed by atoms with Gasteiger partial charge in [-0.3, -0.25) is 13.9 Å². The van der Waals surface area contributed by atoms with E-state index in [4.69, 9.17) is 14.2 Å². The number of amides is 2. The van der Waals surface area contributed by atoms with E-state index in [0.717, 1.165) is 15.4 Å². The summed E-state index contributed by atoms with van der Waals surface area (Å²) in [5.41, 5.74) is 1.99. The predicted molar refractivity (Wildman–Crippen MR) is 166 cm³/mol. The number of sulfonamides is 1. The van der Waals surface area contributed by atoms with E-state index in [1.165, 1.54) is 37.3 Å². The maximum atomic E-state index is 14.2. The van der Waals surface area contributed by atoms with Crippen LogP contribution in [0.5, 0.6) is 17.2 Å². The summed E-state index contributed by atoms with van der Waals surface area (Å²) in [5, 5.41) is 2.89. The van der Waals surface area contributed by atoms with Gasteiger partial charge in [0.1, 0.15) is 18.3 Å². The molecule has 0 aliphatic carbocycles. The van der Waals surface area contributed by atoms with Crippen LogP contribution in [0, 0.1) is 6.92 Å². The fourth-order valence-corrected chi connectivity index (χ4v) is 6.00. The van der Waals surface area contributed by atoms with Crippen molar-refractivity contribution in [2.45, 2.75) is 57.6 Å². The first kappa shape index (κ1) is 33.3. The zero-order valence-electron chi connectivity index (χ0n) is 25.8. The molecule has 1 atom stereocenters. The monoisotopic (exact) mass is 611 g/mol. The molecule has 0 saturated heterocycles. The summed E-state index contributed by atoms with van der Waals surface area (Å²) in [5.74, 6) is 0.399. The van der Waals surface area contributed by atoms with Crippen molar-refractivity contribution < 1.29 is 32.2 Å². The summed E-state index contributed by atoms with van der Waals surface area (Å²) in [6.07, 6.45) is 0.327. The smallest absolute Gasteiger partial charge is 0.264 e. The topological polar surface area (TPSA) is 114 Å². The fraction of sp³-hybridized carbons (Fsp3) is 0.375. The number of aryl methyl sites for hydroxylation is 1. The van der Waals surface area contributed by atoms with Gasteiger partial charge in [-0.05, 0) is 69.2 Å². The van der Waals surface area contributed by atoms with Crippen molar-refractivity contribution in [1.82, 2.24) is 10.2 Å². The Hall–Kier alpha value is -4.25. The molecule has 3 aromatic carbocycles. The van der Waals surface area contributed by atoms with Gasteiger partial charge in [-0.15, -0.1) is 0 Å². The Labute approximate surface area is 254 Å². The van der Waals surface area contributed by atoms with E-state index in [9.17, 15) is 18.0 Å². The number of ether oxygens (including phenoxy) is 3. The van der Waals surface area contributed by atoms with E-state index < -0.39 is 28.5 Å². The molecule has 1 N–H and O–H groups in total. The lowest BCUT2D eigenvalue weighted by molar-refractivity contribution is -0.140. The second-order valence-electron chi connectivity index (χ2n) is 10.3. The highest BCUT2D eigenvalue weighted by molar-refractivity contribution is 7.92. The lowest BCUT2D eigenvalue weighted by Gasteiger charge is -2.33. The largest absolute Gasteiger partial charge is 0.497 e. The van der Waals surface area contributed by atoms with E-state index >= 15 is 0 Å². The number of benzene rings is 3. The minimum absolute atomic E-state index is 0.0789. The van der Waals surface area contributed by atoms with E-state index in [1.807, 2.05) is 39.8 Å². The molecule has 2 amide bonds. The average molecular weight is 612 g/mol. The third kappa shape index (κ3) is 8.19. The van der Waals surface area contributed by atoms with Crippen LogP contribution in [0.2, 0.25) is 0 Å². The summed E-state index contributed by atoms with van der Waals surface area (Å²) in [6, 6.07) is 17.3. The van der Waals surface area contributed by atoms with Gasteiger partial charge in [0.15, 0.2) is 11.5 Å². The van der Waals surface area contributed by atoms with Crippen LogP contribution in [0.25, 0.3) is 0 Å². The molecule has 43 heavy (non-hydrogen) atoms. The Bertz CT molecular complexity index is 1490. The number of nitrogens with zero attached hydrogens (tertiary/aromatic N) is 2. The summed E-state index contributed by atoms with van der Waals surface area (Å²) < 4.78 is 45.3. The molecule has 0 heterocycles. The number of methoxy groups -OCH3 is 3. The Morgan fingerprint density at radius 3 is 2.02 bits per heavy atom. The fourth-order valence-electron chi connectivity index (χ4n) is 4.57. The third-order valence-corrected chi connectivity index (χ3v) is 8.64. The molecule has 3 rings (SSSR count). The number of nitrogens with one attached hydrogen (secondary N) is 1. The minimum atomic E-state index is -4.27. The first-order valence-corrected chi connectivity index (χ1v) is 15.4. The van der Waals surface area contributed by atoms with Crippen LogP contribution < -0.4 is 23.8 Å². The Morgan fingerprint density at radius 1 is 0.860 bits per heavy atom. The Kier molecular flexibility index (Phi) is 11.4. The minimum Gasteiger partial charge on any atom is -0.497 e. The summed E-state index contributed by atoms with van der Waals surface area (Å²) >= 11 is 0. The molecule has 0 aromatic heterocycles. The second-order valence-corrected chi connectivity index (χ2v) is 12.2. The normalized spacial score (nSPS) is 11.9. The molecule has 0 aliphatic rings. The summed E-state index contributed by atoms with van der Waals surface area (Å²) in [7, 11) is 0.164. The van der Waals surface area contributed by atoms with Gasteiger partial charge < -0.3 is 24.4 Å². The molecule has 10 nitrogen and oxygen atoms in total. The van der Waals surface area contributed by atoms with Crippen LogP contribution in [-0.2, 0) is 26.2 Å². The van der Waals surface area contributed by atoms with Crippen LogP contribution in [0.3, 0.4) is 0 Å². The van der Waals surface area contributed by atoms with Gasteiger partial charge in [0, 0.05) is 18.7 Å². The zero-order valence-corrected chi connectivity index (χ0v) is 26.6. The van der Waals surface area contributed by atoms with Crippen molar-refractivity contribution in [1.29, 1.82) is 0 Å². The molecule has 0 aliphatic heterocycles. The number of carbonyl (C=O) groups is 2. The molecular weight excluding hydrogens is 570 g/mol. The van der Waals surface area contributed by atoms with Crippen molar-refractivity contribution in [3.05, 3.63) is 77.9 Å². The molecule has 0 radical (unpaired) electrons. The molecule has 0 saturated carbocycles. The number of anilines is 1. The number of hydrogen-bond donors (Lipinski definition) is 1. The molecule has 1 unspecified atom stereocenters. The summed E-state index contributed by atoms with van der Waals surface area (Å²) in [6.45, 7) is 6.94. The molecule has 0 bridgehead atoms. The Morgan fingerprint density at radius 2 is 1.49 bits per heavy atom. The van der Waals surface area contributed by atoms with Crippen molar-refractivity contribution in [2.24, 2.45) is 0 Å². The van der Waals surface area contributed by atoms with Crippen LogP contribution in [-0.4, -0.2) is 65.1 Å². The SMILES string of the molecule is CCC(C(=O)NC(C)C)N(Cc1ccc(OC)cc1)C(=O)CN(c1ccc(C)cc1)S(=O)(=O)c1ccc(OC)c(OC)c1. The van der Waals surface area contributed by atoms with Crippen molar-refractivity contribution >= 4 is 27.5 Å². The molecular formula is C32H41N3O7S. The second kappa shape index (κ2) is 14.8. The highest BCUT2D eigenvalue weighted by Crippen LogP contribution is 2.32. The van der Waals surface area contributed by atoms with Crippen molar-refractivity contribution in [3.63, 3.8) is 0 Å². The van der Waals surface area contributed by atoms with Crippen LogP contribution in [0.1, 0.15) is 38.3 Å². The van der Waals surface area contributed by atoms with E-state index in [0.29, 0.717) is 23.6 Å². The molecule has 232 valence electrons. The third-order valence-electron chi connectivity index (χ3n) is 6.87. The number of hydrogen-bond acceptors (Lipinski definition) is 7. The van der Waals surface area contributed by atoms with Gasteiger partial charge >= 0.3 is 0 Å². The van der Waals surface area contributed by atoms with Crippen molar-refractivity contribution in [3.8, 4) is 17.2 Å². The lowest BCUT2D eigenvalue weighted by Crippen LogP contribution is -2.53. The molecule has 3 aromatic rings. The van der Waals surface area contributed by atoms with Crippen LogP contribution in [0.4, 0.5) is 5.69 Å². The average Bonchev–Trinajstić information content (AvgIpc) is 2.99. The van der Waals surface area contributed by atoms with Crippen LogP contribution in [0.15, 0.2) is 71.6 Å². The van der Waals surface area contributed by atoms with Gasteiger partial charge in [-0.1, -0.05) is 36.8 Å². The first-order chi connectivity index (χ1) is 20.4. The van der Waals surface area contributed by atoms with Gasteiger partial charge in [-0.25, -0.2) is 8.42 Å². The standard InChI is InChI=1S/C32H41N3O7S/c1-8-28(32(37)33-22(2)3)34(20-24-11-15-26(40-5)16-12-24)31(36)21-35(25-13-9-23(4)10-14-25)43(38,39)27-17-18-29(41-6)30(19-27)42-7/h9-19,22,28H,8,20-21H2,1-7H3,(H,33,37). The number of carbonyl (C=O) groups excluding carboxylic acids is 2. The number of rotatable bonds is 14. The Balaban J connectivity index is 2.09. The summed E-state index contributed by atoms with van der Waals surface area (Å²) in [4.78, 5) is 28.8. The van der Waals surface area contributed by atoms with E-state index in [2.05, 4.69) is 5.32 Å². The van der Waals surface area contributed by atoms with Gasteiger partial charge in [0.25, 0.3) is 10.0 Å². The molecule has 0 fully saturated rings. The zero-order chi connectivity index (χ0) is 31.7. The predicted octanol–water partition coefficient (Wildman–Crippen LogP) is 4.55. The van der Waals surface area contributed by atoms with Gasteiger partial charge in [0.05, 0.1) is 31.9 Å². The van der Waals surface area contributed by atoms with E-state index in [1.54, 1.807) is 43.5 Å². The highest BCUT2D eigenvalue weighted by atomic mass is 32.2. The van der Waals surface area contributed by atoms with Gasteiger partial charge in [-0.2, -0.15) is 0 Å². The van der Waals surface area contributed by atoms with Crippen molar-refractivity contribution in [2.75, 3.05) is 32.2 Å². The molecule has 11 heteroatoms. The maximum Gasteiger partial charge on any atom is 0.264 e. The quantitative estimate of drug-likeness (QED) is 0.285. The van der Waals surface area contributed by atoms with E-state index in [-0.39, 0.29) is 29.1 Å². The molecule has 0 spiro atoms. The van der Waals surface area contributed by atoms with Crippen LogP contribution >= 0.6 is 0 Å². The maximum absolute atomic E-state index is 14.2.